The fourth-order valence-electron chi connectivity index (χ4n) is 1.90. The molecule has 1 aliphatic rings. The maximum Gasteiger partial charge on any atom is 0.257 e. The lowest BCUT2D eigenvalue weighted by molar-refractivity contribution is 0.476. The number of halogens is 2. The molecule has 2 heterocycles. The molecule has 0 unspecified atom stereocenters. The van der Waals surface area contributed by atoms with E-state index in [9.17, 15) is 5.11 Å². The zero-order valence-electron chi connectivity index (χ0n) is 10.6. The number of rotatable bonds is 1. The van der Waals surface area contributed by atoms with Gasteiger partial charge in [0.15, 0.2) is 11.6 Å². The van der Waals surface area contributed by atoms with E-state index < -0.39 is 0 Å². The molecule has 0 bridgehead atoms. The number of phenols is 1. The lowest BCUT2D eigenvalue weighted by atomic mass is 10.3. The van der Waals surface area contributed by atoms with Crippen molar-refractivity contribution in [2.45, 2.75) is 13.8 Å². The molecule has 0 atom stereocenters. The Morgan fingerprint density at radius 2 is 1.80 bits per heavy atom. The molecule has 8 heteroatoms. The predicted octanol–water partition coefficient (Wildman–Crippen LogP) is 3.28. The van der Waals surface area contributed by atoms with Crippen LogP contribution >= 0.6 is 23.2 Å². The minimum absolute atomic E-state index is 0.144. The van der Waals surface area contributed by atoms with E-state index in [1.165, 1.54) is 12.1 Å². The van der Waals surface area contributed by atoms with Crippen LogP contribution in [0.3, 0.4) is 0 Å². The zero-order chi connectivity index (χ0) is 14.4. The van der Waals surface area contributed by atoms with Crippen molar-refractivity contribution in [3.05, 3.63) is 28.0 Å². The van der Waals surface area contributed by atoms with Gasteiger partial charge in [0.05, 0.1) is 21.4 Å². The lowest BCUT2D eigenvalue weighted by Crippen LogP contribution is -2.16. The average molecular weight is 310 g/mol. The van der Waals surface area contributed by atoms with Gasteiger partial charge in [-0.25, -0.2) is 14.6 Å². The van der Waals surface area contributed by atoms with Crippen LogP contribution in [0.4, 0.5) is 11.6 Å². The number of nitrogens with zero attached hydrogens (tertiary/aromatic N) is 5. The molecule has 1 aromatic heterocycles. The normalized spacial score (nSPS) is 15.6. The number of aryl methyl sites for hydroxylation is 1. The quantitative estimate of drug-likeness (QED) is 0.878. The molecular weight excluding hydrogens is 301 g/mol. The number of hydrogen-bond donors (Lipinski definition) is 1. The molecule has 20 heavy (non-hydrogen) atoms. The van der Waals surface area contributed by atoms with Crippen LogP contribution in [-0.4, -0.2) is 31.4 Å². The third-order valence-corrected chi connectivity index (χ3v) is 3.42. The van der Waals surface area contributed by atoms with Gasteiger partial charge in [0.25, 0.3) is 5.95 Å². The number of aliphatic imine (C=N–C) groups is 2. The van der Waals surface area contributed by atoms with E-state index >= 15 is 0 Å². The van der Waals surface area contributed by atoms with Gasteiger partial charge < -0.3 is 5.11 Å². The Morgan fingerprint density at radius 1 is 1.15 bits per heavy atom. The second kappa shape index (κ2) is 4.57. The minimum atomic E-state index is -0.157. The first-order valence-corrected chi connectivity index (χ1v) is 6.47. The maximum absolute atomic E-state index is 9.55. The number of phenolic OH excluding ortho intramolecular Hbond substituents is 1. The summed E-state index contributed by atoms with van der Waals surface area (Å²) in [5.41, 5.74) is 1.24. The SMILES string of the molecule is CC1=Nc2nnc(C)n2C1=Nc1cc(Cl)c(O)c(Cl)c1. The van der Waals surface area contributed by atoms with Gasteiger partial charge in [-0.05, 0) is 26.0 Å². The monoisotopic (exact) mass is 309 g/mol. The summed E-state index contributed by atoms with van der Waals surface area (Å²) in [5.74, 6) is 1.64. The first-order valence-electron chi connectivity index (χ1n) is 5.72. The fraction of sp³-hybridized carbons (Fsp3) is 0.167. The van der Waals surface area contributed by atoms with Crippen molar-refractivity contribution in [3.8, 4) is 5.75 Å². The third-order valence-electron chi connectivity index (χ3n) is 2.85. The van der Waals surface area contributed by atoms with Gasteiger partial charge in [0, 0.05) is 0 Å². The van der Waals surface area contributed by atoms with E-state index in [-0.39, 0.29) is 15.8 Å². The molecule has 0 radical (unpaired) electrons. The molecule has 0 saturated carbocycles. The van der Waals surface area contributed by atoms with Gasteiger partial charge in [-0.15, -0.1) is 10.2 Å². The maximum atomic E-state index is 9.55. The van der Waals surface area contributed by atoms with E-state index in [4.69, 9.17) is 23.2 Å². The number of aromatic hydroxyl groups is 1. The Balaban J connectivity index is 2.14. The molecule has 0 fully saturated rings. The Labute approximate surface area is 124 Å². The summed E-state index contributed by atoms with van der Waals surface area (Å²) in [6.45, 7) is 3.65. The van der Waals surface area contributed by atoms with Crippen LogP contribution in [0.15, 0.2) is 22.1 Å². The number of benzene rings is 1. The Bertz CT molecular complexity index is 755. The standard InChI is InChI=1S/C12H9Cl2N5O/c1-5-11(19-6(2)17-18-12(19)15-5)16-7-3-8(13)10(20)9(14)4-7/h3-4,20H,1-2H3. The van der Waals surface area contributed by atoms with Crippen LogP contribution in [0.1, 0.15) is 12.7 Å². The molecule has 1 aliphatic heterocycles. The molecule has 102 valence electrons. The molecule has 1 N–H and O–H groups in total. The van der Waals surface area contributed by atoms with Gasteiger partial charge in [-0.3, -0.25) is 0 Å². The highest BCUT2D eigenvalue weighted by atomic mass is 35.5. The van der Waals surface area contributed by atoms with Crippen LogP contribution < -0.4 is 0 Å². The molecular formula is C12H9Cl2N5O. The Morgan fingerprint density at radius 3 is 2.45 bits per heavy atom. The van der Waals surface area contributed by atoms with Crippen molar-refractivity contribution < 1.29 is 5.11 Å². The van der Waals surface area contributed by atoms with Gasteiger partial charge in [0.2, 0.25) is 0 Å². The van der Waals surface area contributed by atoms with Crippen molar-refractivity contribution in [2.24, 2.45) is 9.98 Å². The summed E-state index contributed by atoms with van der Waals surface area (Å²) >= 11 is 11.8. The van der Waals surface area contributed by atoms with Gasteiger partial charge >= 0.3 is 0 Å². The molecule has 0 saturated heterocycles. The molecule has 0 aliphatic carbocycles. The Hall–Kier alpha value is -1.92. The molecule has 3 rings (SSSR count). The van der Waals surface area contributed by atoms with Crippen molar-refractivity contribution in [2.75, 3.05) is 0 Å². The largest absolute Gasteiger partial charge is 0.505 e. The van der Waals surface area contributed by atoms with Crippen LogP contribution in [0.25, 0.3) is 0 Å². The molecule has 0 spiro atoms. The molecule has 1 aromatic carbocycles. The highest BCUT2D eigenvalue weighted by Crippen LogP contribution is 2.36. The minimum Gasteiger partial charge on any atom is -0.505 e. The van der Waals surface area contributed by atoms with Crippen LogP contribution in [0, 0.1) is 6.92 Å². The van der Waals surface area contributed by atoms with Crippen molar-refractivity contribution in [3.63, 3.8) is 0 Å². The highest BCUT2D eigenvalue weighted by Gasteiger charge is 2.23. The van der Waals surface area contributed by atoms with Gasteiger partial charge in [-0.1, -0.05) is 23.2 Å². The smallest absolute Gasteiger partial charge is 0.257 e. The second-order valence-electron chi connectivity index (χ2n) is 4.27. The van der Waals surface area contributed by atoms with E-state index in [1.54, 1.807) is 4.57 Å². The Kier molecular flexibility index (Phi) is 2.99. The lowest BCUT2D eigenvalue weighted by Gasteiger charge is -2.05. The van der Waals surface area contributed by atoms with E-state index in [0.29, 0.717) is 23.3 Å². The first-order chi connectivity index (χ1) is 9.47. The molecule has 0 amide bonds. The van der Waals surface area contributed by atoms with Crippen LogP contribution in [0.5, 0.6) is 5.75 Å². The van der Waals surface area contributed by atoms with E-state index in [0.717, 1.165) is 5.71 Å². The molecule has 6 nitrogen and oxygen atoms in total. The summed E-state index contributed by atoms with van der Waals surface area (Å²) < 4.78 is 1.74. The summed E-state index contributed by atoms with van der Waals surface area (Å²) in [7, 11) is 0. The van der Waals surface area contributed by atoms with E-state index in [1.807, 2.05) is 13.8 Å². The predicted molar refractivity (Wildman–Crippen MR) is 78.1 cm³/mol. The van der Waals surface area contributed by atoms with Crippen LogP contribution in [0.2, 0.25) is 10.0 Å². The fourth-order valence-corrected chi connectivity index (χ4v) is 2.38. The first kappa shape index (κ1) is 13.1. The van der Waals surface area contributed by atoms with Crippen molar-refractivity contribution in [1.82, 2.24) is 14.8 Å². The topological polar surface area (TPSA) is 75.7 Å². The zero-order valence-corrected chi connectivity index (χ0v) is 12.1. The van der Waals surface area contributed by atoms with Gasteiger partial charge in [-0.2, -0.15) is 0 Å². The molecule has 2 aromatic rings. The average Bonchev–Trinajstić information content (AvgIpc) is 2.88. The number of aromatic nitrogens is 3. The number of fused-ring (bicyclic) bond motifs is 1. The van der Waals surface area contributed by atoms with Crippen molar-refractivity contribution in [1.29, 1.82) is 0 Å². The summed E-state index contributed by atoms with van der Waals surface area (Å²) in [6, 6.07) is 3.06. The van der Waals surface area contributed by atoms with Crippen LogP contribution in [-0.2, 0) is 0 Å². The van der Waals surface area contributed by atoms with Crippen molar-refractivity contribution >= 4 is 46.4 Å². The summed E-state index contributed by atoms with van der Waals surface area (Å²) in [5, 5.41) is 17.7. The number of hydrogen-bond acceptors (Lipinski definition) is 5. The highest BCUT2D eigenvalue weighted by molar-refractivity contribution is 6.44. The van der Waals surface area contributed by atoms with E-state index in [2.05, 4.69) is 20.2 Å². The third kappa shape index (κ3) is 1.97. The summed E-state index contributed by atoms with van der Waals surface area (Å²) in [6.07, 6.45) is 0. The summed E-state index contributed by atoms with van der Waals surface area (Å²) in [4.78, 5) is 8.74. The van der Waals surface area contributed by atoms with Gasteiger partial charge in [0.1, 0.15) is 5.82 Å². The second-order valence-corrected chi connectivity index (χ2v) is 5.09.